The number of carbonyl (C=O) groups excluding carboxylic acids is 1. The number of benzene rings is 1. The Bertz CT molecular complexity index is 692. The number of halogens is 2. The second-order valence-electron chi connectivity index (χ2n) is 8.95. The zero-order valence-corrected chi connectivity index (χ0v) is 17.9. The van der Waals surface area contributed by atoms with Crippen molar-refractivity contribution < 1.29 is 18.3 Å². The van der Waals surface area contributed by atoms with Crippen LogP contribution in [0.4, 0.5) is 8.78 Å². The third-order valence-electron chi connectivity index (χ3n) is 6.22. The summed E-state index contributed by atoms with van der Waals surface area (Å²) in [6, 6.07) is 4.43. The molecule has 0 N–H and O–H groups in total. The quantitative estimate of drug-likeness (QED) is 0.496. The van der Waals surface area contributed by atoms with Crippen LogP contribution in [-0.2, 0) is 17.6 Å². The van der Waals surface area contributed by atoms with E-state index in [9.17, 15) is 13.6 Å². The fraction of sp³-hybridized carbons (Fsp3) is 0.708. The average molecular weight is 408 g/mol. The zero-order valence-electron chi connectivity index (χ0n) is 17.9. The molecule has 3 rings (SSSR count). The summed E-state index contributed by atoms with van der Waals surface area (Å²) in [6.07, 6.45) is 4.91. The number of ketones is 1. The molecule has 2 heterocycles. The van der Waals surface area contributed by atoms with Crippen LogP contribution in [0.3, 0.4) is 0 Å². The number of piperidine rings is 1. The van der Waals surface area contributed by atoms with Crippen molar-refractivity contribution in [1.29, 1.82) is 0 Å². The Morgan fingerprint density at radius 1 is 1.17 bits per heavy atom. The van der Waals surface area contributed by atoms with Crippen molar-refractivity contribution >= 4 is 5.78 Å². The maximum Gasteiger partial charge on any atom is 0.139 e. The van der Waals surface area contributed by atoms with E-state index in [1.54, 1.807) is 0 Å². The number of Topliss-reactive ketones (excluding diaryl/α,β-unsaturated/α-hetero) is 1. The number of hydrogen-bond donors (Lipinski definition) is 0. The van der Waals surface area contributed by atoms with Crippen molar-refractivity contribution in [3.63, 3.8) is 0 Å². The van der Waals surface area contributed by atoms with E-state index in [1.807, 2.05) is 0 Å². The van der Waals surface area contributed by atoms with Crippen LogP contribution in [0.5, 0.6) is 5.75 Å². The first kappa shape index (κ1) is 22.2. The molecular formula is C24H35F2NO2. The van der Waals surface area contributed by atoms with E-state index < -0.39 is 6.67 Å². The van der Waals surface area contributed by atoms with Gasteiger partial charge in [0.2, 0.25) is 0 Å². The topological polar surface area (TPSA) is 29.5 Å². The minimum atomic E-state index is -0.390. The zero-order chi connectivity index (χ0) is 20.8. The second-order valence-corrected chi connectivity index (χ2v) is 8.95. The van der Waals surface area contributed by atoms with Gasteiger partial charge in [0.1, 0.15) is 11.5 Å². The molecule has 5 heteroatoms. The lowest BCUT2D eigenvalue weighted by atomic mass is 9.79. The maximum absolute atomic E-state index is 12.8. The molecule has 1 fully saturated rings. The van der Waals surface area contributed by atoms with E-state index in [1.165, 1.54) is 11.1 Å². The molecule has 0 bridgehead atoms. The van der Waals surface area contributed by atoms with Gasteiger partial charge in [0.05, 0.1) is 20.0 Å². The van der Waals surface area contributed by atoms with Crippen LogP contribution in [0, 0.1) is 11.8 Å². The molecule has 0 saturated carbocycles. The SMILES string of the molecule is CC(C)CC1CN2CCc3cc(OCCCF)c(CCCCF)cc3C2CC1=O. The normalized spacial score (nSPS) is 21.9. The Morgan fingerprint density at radius 3 is 2.69 bits per heavy atom. The van der Waals surface area contributed by atoms with Crippen molar-refractivity contribution in [2.45, 2.75) is 64.8 Å². The smallest absolute Gasteiger partial charge is 0.139 e. The second kappa shape index (κ2) is 10.5. The highest BCUT2D eigenvalue weighted by atomic mass is 19.1. The van der Waals surface area contributed by atoms with Gasteiger partial charge in [-0.2, -0.15) is 0 Å². The minimum absolute atomic E-state index is 0.148. The highest BCUT2D eigenvalue weighted by Crippen LogP contribution is 2.41. The van der Waals surface area contributed by atoms with Gasteiger partial charge in [-0.3, -0.25) is 18.5 Å². The van der Waals surface area contributed by atoms with E-state index in [0.29, 0.717) is 37.6 Å². The Morgan fingerprint density at radius 2 is 1.97 bits per heavy atom. The van der Waals surface area contributed by atoms with Gasteiger partial charge in [-0.05, 0) is 60.8 Å². The molecule has 2 atom stereocenters. The molecule has 1 aromatic rings. The standard InChI is InChI=1S/C24H35F2NO2/c1-17(2)12-20-16-27-10-7-18-14-24(29-11-5-9-26)19(6-3-4-8-25)13-21(18)22(27)15-23(20)28/h13-14,17,20,22H,3-12,15-16H2,1-2H3. The van der Waals surface area contributed by atoms with Crippen LogP contribution in [0.15, 0.2) is 12.1 Å². The van der Waals surface area contributed by atoms with Gasteiger partial charge in [-0.25, -0.2) is 0 Å². The molecule has 0 spiro atoms. The third kappa shape index (κ3) is 5.56. The number of aryl methyl sites for hydroxylation is 1. The number of ether oxygens (including phenoxy) is 1. The summed E-state index contributed by atoms with van der Waals surface area (Å²) >= 11 is 0. The summed E-state index contributed by atoms with van der Waals surface area (Å²) in [5.41, 5.74) is 3.54. The van der Waals surface area contributed by atoms with Gasteiger partial charge in [0.15, 0.2) is 0 Å². The van der Waals surface area contributed by atoms with Crippen LogP contribution in [-0.4, -0.2) is 43.7 Å². The summed E-state index contributed by atoms with van der Waals surface area (Å²) < 4.78 is 31.0. The number of alkyl halides is 2. The van der Waals surface area contributed by atoms with Crippen LogP contribution >= 0.6 is 0 Å². The lowest BCUT2D eigenvalue weighted by molar-refractivity contribution is -0.129. The summed E-state index contributed by atoms with van der Waals surface area (Å²) in [4.78, 5) is 15.3. The fourth-order valence-electron chi connectivity index (χ4n) is 4.78. The summed E-state index contributed by atoms with van der Waals surface area (Å²) in [7, 11) is 0. The van der Waals surface area contributed by atoms with Crippen molar-refractivity contribution in [3.05, 3.63) is 28.8 Å². The van der Waals surface area contributed by atoms with Crippen molar-refractivity contribution in [2.75, 3.05) is 33.0 Å². The van der Waals surface area contributed by atoms with E-state index in [2.05, 4.69) is 30.9 Å². The van der Waals surface area contributed by atoms with E-state index in [4.69, 9.17) is 4.74 Å². The number of nitrogens with zero attached hydrogens (tertiary/aromatic N) is 1. The maximum atomic E-state index is 12.8. The first-order valence-corrected chi connectivity index (χ1v) is 11.2. The van der Waals surface area contributed by atoms with E-state index >= 15 is 0 Å². The van der Waals surface area contributed by atoms with Gasteiger partial charge in [-0.1, -0.05) is 19.9 Å². The van der Waals surface area contributed by atoms with Gasteiger partial charge in [-0.15, -0.1) is 0 Å². The first-order chi connectivity index (χ1) is 14.0. The minimum Gasteiger partial charge on any atom is -0.493 e. The van der Waals surface area contributed by atoms with Crippen LogP contribution in [0.2, 0.25) is 0 Å². The molecule has 0 radical (unpaired) electrons. The first-order valence-electron chi connectivity index (χ1n) is 11.2. The largest absolute Gasteiger partial charge is 0.493 e. The predicted molar refractivity (Wildman–Crippen MR) is 112 cm³/mol. The average Bonchev–Trinajstić information content (AvgIpc) is 2.69. The number of fused-ring (bicyclic) bond motifs is 3. The molecule has 0 aromatic heterocycles. The molecule has 1 saturated heterocycles. The highest BCUT2D eigenvalue weighted by Gasteiger charge is 2.38. The summed E-state index contributed by atoms with van der Waals surface area (Å²) in [6.45, 7) is 5.83. The molecule has 1 aromatic carbocycles. The molecule has 162 valence electrons. The van der Waals surface area contributed by atoms with Crippen molar-refractivity contribution in [2.24, 2.45) is 11.8 Å². The van der Waals surface area contributed by atoms with Gasteiger partial charge < -0.3 is 4.74 Å². The summed E-state index contributed by atoms with van der Waals surface area (Å²) in [5.74, 6) is 1.88. The fourth-order valence-corrected chi connectivity index (χ4v) is 4.78. The lowest BCUT2D eigenvalue weighted by Gasteiger charge is -2.43. The van der Waals surface area contributed by atoms with E-state index in [-0.39, 0.29) is 18.6 Å². The van der Waals surface area contributed by atoms with Crippen LogP contribution in [0.1, 0.15) is 68.7 Å². The van der Waals surface area contributed by atoms with Gasteiger partial charge in [0.25, 0.3) is 0 Å². The Labute approximate surface area is 173 Å². The monoisotopic (exact) mass is 407 g/mol. The van der Waals surface area contributed by atoms with Crippen molar-refractivity contribution in [3.8, 4) is 5.75 Å². The number of carbonyl (C=O) groups is 1. The van der Waals surface area contributed by atoms with Gasteiger partial charge >= 0.3 is 0 Å². The van der Waals surface area contributed by atoms with Crippen molar-refractivity contribution in [1.82, 2.24) is 4.90 Å². The number of rotatable bonds is 10. The highest BCUT2D eigenvalue weighted by molar-refractivity contribution is 5.83. The lowest BCUT2D eigenvalue weighted by Crippen LogP contribution is -2.46. The Balaban J connectivity index is 1.82. The molecule has 0 aliphatic carbocycles. The summed E-state index contributed by atoms with van der Waals surface area (Å²) in [5, 5.41) is 0. The molecule has 2 aliphatic rings. The molecule has 0 amide bonds. The molecule has 2 aliphatic heterocycles. The number of hydrogen-bond acceptors (Lipinski definition) is 3. The Hall–Kier alpha value is -1.49. The molecule has 3 nitrogen and oxygen atoms in total. The van der Waals surface area contributed by atoms with Crippen LogP contribution in [0.25, 0.3) is 0 Å². The third-order valence-corrected chi connectivity index (χ3v) is 6.22. The van der Waals surface area contributed by atoms with Crippen LogP contribution < -0.4 is 4.74 Å². The van der Waals surface area contributed by atoms with Gasteiger partial charge in [0, 0.05) is 37.9 Å². The molecular weight excluding hydrogens is 372 g/mol. The Kier molecular flexibility index (Phi) is 8.05. The van der Waals surface area contributed by atoms with E-state index in [0.717, 1.165) is 50.1 Å². The number of unbranched alkanes of at least 4 members (excludes halogenated alkanes) is 1. The molecule has 2 unspecified atom stereocenters. The predicted octanol–water partition coefficient (Wildman–Crippen LogP) is 5.25. The molecule has 29 heavy (non-hydrogen) atoms.